The predicted molar refractivity (Wildman–Crippen MR) is 83.1 cm³/mol. The minimum atomic E-state index is -0.000437. The molecule has 1 aromatic rings. The lowest BCUT2D eigenvalue weighted by Gasteiger charge is -2.33. The van der Waals surface area contributed by atoms with Crippen molar-refractivity contribution in [2.75, 3.05) is 38.0 Å². The number of rotatable bonds is 4. The lowest BCUT2D eigenvalue weighted by atomic mass is 10.1. The number of nitrogens with zero attached hydrogens (tertiary/aromatic N) is 2. The highest BCUT2D eigenvalue weighted by atomic mass is 16.2. The fourth-order valence-electron chi connectivity index (χ4n) is 2.49. The van der Waals surface area contributed by atoms with Gasteiger partial charge < -0.3 is 10.2 Å². The molecule has 1 saturated heterocycles. The van der Waals surface area contributed by atoms with E-state index >= 15 is 0 Å². The van der Waals surface area contributed by atoms with Crippen molar-refractivity contribution < 1.29 is 9.59 Å². The Bertz CT molecular complexity index is 508. The van der Waals surface area contributed by atoms with Crippen LogP contribution in [-0.4, -0.2) is 54.3 Å². The van der Waals surface area contributed by atoms with Crippen LogP contribution in [0.15, 0.2) is 24.3 Å². The molecule has 1 N–H and O–H groups in total. The van der Waals surface area contributed by atoms with Crippen LogP contribution in [0.1, 0.15) is 19.4 Å². The molecule has 0 aliphatic carbocycles. The highest BCUT2D eigenvalue weighted by molar-refractivity contribution is 5.92. The summed E-state index contributed by atoms with van der Waals surface area (Å²) in [7, 11) is 0. The summed E-state index contributed by atoms with van der Waals surface area (Å²) in [6.07, 6.45) is 0.955. The number of nitrogens with one attached hydrogen (secondary N) is 1. The lowest BCUT2D eigenvalue weighted by molar-refractivity contribution is -0.130. The third-order valence-corrected chi connectivity index (χ3v) is 3.80. The number of hydrogen-bond donors (Lipinski definition) is 1. The van der Waals surface area contributed by atoms with Gasteiger partial charge >= 0.3 is 0 Å². The number of hydrogen-bond acceptors (Lipinski definition) is 3. The Labute approximate surface area is 125 Å². The van der Waals surface area contributed by atoms with Crippen molar-refractivity contribution in [1.82, 2.24) is 9.80 Å². The van der Waals surface area contributed by atoms with Crippen molar-refractivity contribution in [3.05, 3.63) is 29.8 Å². The van der Waals surface area contributed by atoms with Gasteiger partial charge in [0.05, 0.1) is 6.54 Å². The largest absolute Gasteiger partial charge is 0.340 e. The summed E-state index contributed by atoms with van der Waals surface area (Å²) in [5.74, 6) is 0.106. The number of piperazine rings is 1. The highest BCUT2D eigenvalue weighted by Crippen LogP contribution is 2.11. The van der Waals surface area contributed by atoms with Crippen molar-refractivity contribution in [3.8, 4) is 0 Å². The second-order valence-electron chi connectivity index (χ2n) is 5.38. The average molecular weight is 289 g/mol. The van der Waals surface area contributed by atoms with Gasteiger partial charge in [-0.25, -0.2) is 0 Å². The maximum absolute atomic E-state index is 12.1. The summed E-state index contributed by atoms with van der Waals surface area (Å²) in [6, 6.07) is 7.92. The molecule has 0 saturated carbocycles. The fourth-order valence-corrected chi connectivity index (χ4v) is 2.49. The van der Waals surface area contributed by atoms with Gasteiger partial charge in [0, 0.05) is 38.8 Å². The molecule has 1 heterocycles. The molecule has 1 fully saturated rings. The molecule has 0 bridgehead atoms. The van der Waals surface area contributed by atoms with Crippen molar-refractivity contribution in [3.63, 3.8) is 0 Å². The normalized spacial score (nSPS) is 15.8. The zero-order valence-electron chi connectivity index (χ0n) is 12.8. The Morgan fingerprint density at radius 2 is 1.90 bits per heavy atom. The predicted octanol–water partition coefficient (Wildman–Crippen LogP) is 1.35. The van der Waals surface area contributed by atoms with Crippen LogP contribution in [0.3, 0.4) is 0 Å². The summed E-state index contributed by atoms with van der Waals surface area (Å²) >= 11 is 0. The van der Waals surface area contributed by atoms with Crippen LogP contribution < -0.4 is 5.32 Å². The maximum atomic E-state index is 12.1. The van der Waals surface area contributed by atoms with Gasteiger partial charge in [0.25, 0.3) is 0 Å². The van der Waals surface area contributed by atoms with Crippen LogP contribution in [-0.2, 0) is 16.0 Å². The van der Waals surface area contributed by atoms with Gasteiger partial charge in [-0.05, 0) is 24.1 Å². The third kappa shape index (κ3) is 4.56. The van der Waals surface area contributed by atoms with Crippen LogP contribution in [0, 0.1) is 0 Å². The summed E-state index contributed by atoms with van der Waals surface area (Å²) < 4.78 is 0. The molecule has 1 aliphatic rings. The van der Waals surface area contributed by atoms with E-state index in [0.717, 1.165) is 25.2 Å². The molecule has 5 nitrogen and oxygen atoms in total. The lowest BCUT2D eigenvalue weighted by Crippen LogP contribution is -2.49. The van der Waals surface area contributed by atoms with E-state index < -0.39 is 0 Å². The Balaban J connectivity index is 1.81. The number of amides is 2. The number of carbonyl (C=O) groups is 2. The van der Waals surface area contributed by atoms with Crippen LogP contribution in [0.4, 0.5) is 5.69 Å². The standard InChI is InChI=1S/C16H23N3O2/c1-3-14-5-4-6-15(11-14)17-16(21)12-18-7-9-19(10-8-18)13(2)20/h4-6,11H,3,7-10,12H2,1-2H3,(H,17,21). The molecular formula is C16H23N3O2. The van der Waals surface area contributed by atoms with Crippen LogP contribution in [0.25, 0.3) is 0 Å². The molecule has 0 spiro atoms. The molecule has 0 atom stereocenters. The minimum Gasteiger partial charge on any atom is -0.340 e. The highest BCUT2D eigenvalue weighted by Gasteiger charge is 2.20. The van der Waals surface area contributed by atoms with Gasteiger partial charge in [0.1, 0.15) is 0 Å². The van der Waals surface area contributed by atoms with Gasteiger partial charge in [-0.2, -0.15) is 0 Å². The summed E-state index contributed by atoms with van der Waals surface area (Å²) in [6.45, 7) is 6.96. The average Bonchev–Trinajstić information content (AvgIpc) is 2.47. The Morgan fingerprint density at radius 3 is 2.52 bits per heavy atom. The van der Waals surface area contributed by atoms with Crippen molar-refractivity contribution in [2.45, 2.75) is 20.3 Å². The molecule has 114 valence electrons. The topological polar surface area (TPSA) is 52.7 Å². The Hall–Kier alpha value is -1.88. The first-order chi connectivity index (χ1) is 10.1. The molecule has 0 radical (unpaired) electrons. The van der Waals surface area contributed by atoms with E-state index in [4.69, 9.17) is 0 Å². The van der Waals surface area contributed by atoms with Crippen LogP contribution in [0.2, 0.25) is 0 Å². The Morgan fingerprint density at radius 1 is 1.19 bits per heavy atom. The van der Waals surface area contributed by atoms with Crippen molar-refractivity contribution in [1.29, 1.82) is 0 Å². The minimum absolute atomic E-state index is 0.000437. The van der Waals surface area contributed by atoms with Gasteiger partial charge in [-0.1, -0.05) is 19.1 Å². The van der Waals surface area contributed by atoms with E-state index in [-0.39, 0.29) is 11.8 Å². The van der Waals surface area contributed by atoms with E-state index in [1.54, 1.807) is 6.92 Å². The monoisotopic (exact) mass is 289 g/mol. The molecule has 5 heteroatoms. The third-order valence-electron chi connectivity index (χ3n) is 3.80. The number of anilines is 1. The first-order valence-electron chi connectivity index (χ1n) is 7.45. The molecule has 2 rings (SSSR count). The maximum Gasteiger partial charge on any atom is 0.238 e. The molecule has 21 heavy (non-hydrogen) atoms. The van der Waals surface area contributed by atoms with Crippen LogP contribution >= 0.6 is 0 Å². The summed E-state index contributed by atoms with van der Waals surface area (Å²) in [4.78, 5) is 27.2. The molecule has 0 unspecified atom stereocenters. The quantitative estimate of drug-likeness (QED) is 0.910. The van der Waals surface area contributed by atoms with E-state index in [9.17, 15) is 9.59 Å². The molecule has 1 aliphatic heterocycles. The van der Waals surface area contributed by atoms with Gasteiger partial charge in [0.15, 0.2) is 0 Å². The first kappa shape index (κ1) is 15.5. The molecule has 2 amide bonds. The molecule has 0 aromatic heterocycles. The Kier molecular flexibility index (Phi) is 5.33. The number of benzene rings is 1. The summed E-state index contributed by atoms with van der Waals surface area (Å²) in [5.41, 5.74) is 2.06. The van der Waals surface area contributed by atoms with Gasteiger partial charge in [-0.15, -0.1) is 0 Å². The summed E-state index contributed by atoms with van der Waals surface area (Å²) in [5, 5.41) is 2.94. The second-order valence-corrected chi connectivity index (χ2v) is 5.38. The molecule has 1 aromatic carbocycles. The van der Waals surface area contributed by atoms with Gasteiger partial charge in [-0.3, -0.25) is 14.5 Å². The van der Waals surface area contributed by atoms with E-state index in [1.807, 2.05) is 23.1 Å². The smallest absolute Gasteiger partial charge is 0.238 e. The SMILES string of the molecule is CCc1cccc(NC(=O)CN2CCN(C(C)=O)CC2)c1. The first-order valence-corrected chi connectivity index (χ1v) is 7.45. The van der Waals surface area contributed by atoms with Crippen LogP contribution in [0.5, 0.6) is 0 Å². The van der Waals surface area contributed by atoms with E-state index in [2.05, 4.69) is 23.2 Å². The number of carbonyl (C=O) groups excluding carboxylic acids is 2. The van der Waals surface area contributed by atoms with E-state index in [1.165, 1.54) is 5.56 Å². The van der Waals surface area contributed by atoms with Gasteiger partial charge in [0.2, 0.25) is 11.8 Å². The zero-order valence-corrected chi connectivity index (χ0v) is 12.8. The number of aryl methyl sites for hydroxylation is 1. The zero-order chi connectivity index (χ0) is 15.2. The van der Waals surface area contributed by atoms with Crippen molar-refractivity contribution >= 4 is 17.5 Å². The van der Waals surface area contributed by atoms with Crippen molar-refractivity contribution in [2.24, 2.45) is 0 Å². The second kappa shape index (κ2) is 7.22. The fraction of sp³-hybridized carbons (Fsp3) is 0.500. The molecular weight excluding hydrogens is 266 g/mol. The van der Waals surface area contributed by atoms with E-state index in [0.29, 0.717) is 19.6 Å².